The van der Waals surface area contributed by atoms with E-state index in [9.17, 15) is 9.59 Å². The highest BCUT2D eigenvalue weighted by molar-refractivity contribution is 7.07. The molecular weight excluding hydrogens is 570 g/mol. The maximum absolute atomic E-state index is 14.0. The first kappa shape index (κ1) is 28.6. The number of carbonyl (C=O) groups excluding carboxylic acids is 1. The maximum Gasteiger partial charge on any atom is 0.338 e. The third-order valence-corrected chi connectivity index (χ3v) is 8.14. The fourth-order valence-corrected chi connectivity index (χ4v) is 6.05. The Morgan fingerprint density at radius 2 is 1.64 bits per heavy atom. The Bertz CT molecular complexity index is 2060. The lowest BCUT2D eigenvalue weighted by atomic mass is 9.93. The summed E-state index contributed by atoms with van der Waals surface area (Å²) in [6.07, 6.45) is 1.83. The van der Waals surface area contributed by atoms with Gasteiger partial charge in [-0.1, -0.05) is 96.3 Å². The van der Waals surface area contributed by atoms with E-state index in [4.69, 9.17) is 19.7 Å². The Kier molecular flexibility index (Phi) is 8.30. The number of ether oxygens (including phenoxy) is 2. The van der Waals surface area contributed by atoms with Crippen LogP contribution in [-0.2, 0) is 16.1 Å². The Labute approximate surface area is 257 Å². The van der Waals surface area contributed by atoms with Gasteiger partial charge < -0.3 is 9.47 Å². The van der Waals surface area contributed by atoms with Gasteiger partial charge in [-0.25, -0.2) is 9.79 Å². The van der Waals surface area contributed by atoms with Gasteiger partial charge in [-0.3, -0.25) is 9.36 Å². The first-order valence-corrected chi connectivity index (χ1v) is 14.9. The molecule has 0 N–H and O–H groups in total. The Morgan fingerprint density at radius 1 is 0.955 bits per heavy atom. The van der Waals surface area contributed by atoms with E-state index in [0.29, 0.717) is 38.5 Å². The smallest absolute Gasteiger partial charge is 0.338 e. The van der Waals surface area contributed by atoms with E-state index in [1.165, 1.54) is 11.3 Å². The van der Waals surface area contributed by atoms with Crippen molar-refractivity contribution in [2.45, 2.75) is 19.6 Å². The van der Waals surface area contributed by atoms with Crippen molar-refractivity contribution in [3.05, 3.63) is 162 Å². The molecule has 5 aromatic rings. The number of thiazole rings is 1. The molecule has 0 bridgehead atoms. The molecule has 6 rings (SSSR count). The minimum absolute atomic E-state index is 0.198. The van der Waals surface area contributed by atoms with Crippen LogP contribution in [0, 0.1) is 11.3 Å². The number of hydrogen-bond donors (Lipinski definition) is 0. The first-order valence-electron chi connectivity index (χ1n) is 14.1. The van der Waals surface area contributed by atoms with Gasteiger partial charge in [-0.05, 0) is 54.0 Å². The van der Waals surface area contributed by atoms with E-state index in [0.717, 1.165) is 22.3 Å². The van der Waals surface area contributed by atoms with Gasteiger partial charge in [0, 0.05) is 5.56 Å². The fraction of sp³-hybridized carbons (Fsp3) is 0.111. The Morgan fingerprint density at radius 3 is 2.30 bits per heavy atom. The lowest BCUT2D eigenvalue weighted by Crippen LogP contribution is -2.39. The summed E-state index contributed by atoms with van der Waals surface area (Å²) in [5.74, 6) is 0.179. The van der Waals surface area contributed by atoms with Crippen LogP contribution in [0.2, 0.25) is 0 Å². The van der Waals surface area contributed by atoms with E-state index in [1.54, 1.807) is 23.6 Å². The molecule has 4 aromatic carbocycles. The predicted molar refractivity (Wildman–Crippen MR) is 169 cm³/mol. The van der Waals surface area contributed by atoms with Gasteiger partial charge in [0.2, 0.25) is 0 Å². The molecule has 8 heteroatoms. The van der Waals surface area contributed by atoms with E-state index in [-0.39, 0.29) is 12.2 Å². The molecule has 0 saturated heterocycles. The summed E-state index contributed by atoms with van der Waals surface area (Å²) in [7, 11) is 0. The SMILES string of the molecule is CCOC(=O)C1=C(c2ccccc2)N=c2s/c(=C\c3ccc(OCc4ccc(C#N)cc4)cc3)c(=O)n2[C@H]1c1ccccc1. The van der Waals surface area contributed by atoms with Crippen molar-refractivity contribution in [2.24, 2.45) is 4.99 Å². The molecule has 1 aliphatic heterocycles. The summed E-state index contributed by atoms with van der Waals surface area (Å²) in [5.41, 5.74) is 4.52. The molecule has 0 amide bonds. The zero-order valence-corrected chi connectivity index (χ0v) is 24.7. The summed E-state index contributed by atoms with van der Waals surface area (Å²) >= 11 is 1.28. The molecule has 0 fully saturated rings. The second-order valence-electron chi connectivity index (χ2n) is 10.0. The summed E-state index contributed by atoms with van der Waals surface area (Å²) in [5, 5.41) is 8.98. The van der Waals surface area contributed by atoms with Crippen LogP contribution in [0.4, 0.5) is 0 Å². The zero-order chi connectivity index (χ0) is 30.5. The van der Waals surface area contributed by atoms with Crippen molar-refractivity contribution in [3.8, 4) is 11.8 Å². The molecule has 0 aliphatic carbocycles. The van der Waals surface area contributed by atoms with E-state index < -0.39 is 12.0 Å². The van der Waals surface area contributed by atoms with Crippen LogP contribution in [0.1, 0.15) is 40.8 Å². The van der Waals surface area contributed by atoms with Gasteiger partial charge in [0.25, 0.3) is 5.56 Å². The van der Waals surface area contributed by atoms with Crippen LogP contribution in [0.15, 0.2) is 125 Å². The van der Waals surface area contributed by atoms with Crippen molar-refractivity contribution < 1.29 is 14.3 Å². The molecule has 216 valence electrons. The molecule has 1 aromatic heterocycles. The monoisotopic (exact) mass is 597 g/mol. The van der Waals surface area contributed by atoms with Crippen molar-refractivity contribution in [1.82, 2.24) is 4.57 Å². The number of carbonyl (C=O) groups is 1. The molecule has 1 atom stereocenters. The molecule has 0 saturated carbocycles. The van der Waals surface area contributed by atoms with E-state index in [1.807, 2.05) is 103 Å². The van der Waals surface area contributed by atoms with Crippen molar-refractivity contribution in [2.75, 3.05) is 6.61 Å². The summed E-state index contributed by atoms with van der Waals surface area (Å²) in [4.78, 5) is 32.9. The molecular formula is C36H27N3O4S. The molecule has 0 radical (unpaired) electrons. The largest absolute Gasteiger partial charge is 0.489 e. The predicted octanol–water partition coefficient (Wildman–Crippen LogP) is 5.39. The van der Waals surface area contributed by atoms with Crippen molar-refractivity contribution in [1.29, 1.82) is 5.26 Å². The molecule has 0 unspecified atom stereocenters. The lowest BCUT2D eigenvalue weighted by molar-refractivity contribution is -0.138. The minimum Gasteiger partial charge on any atom is -0.489 e. The Hall–Kier alpha value is -5.52. The summed E-state index contributed by atoms with van der Waals surface area (Å²) in [6.45, 7) is 2.33. The molecule has 44 heavy (non-hydrogen) atoms. The number of benzene rings is 4. The third kappa shape index (κ3) is 5.87. The van der Waals surface area contributed by atoms with Crippen molar-refractivity contribution in [3.63, 3.8) is 0 Å². The van der Waals surface area contributed by atoms with Gasteiger partial charge in [0.1, 0.15) is 12.4 Å². The second-order valence-corrected chi connectivity index (χ2v) is 11.0. The third-order valence-electron chi connectivity index (χ3n) is 7.16. The molecule has 7 nitrogen and oxygen atoms in total. The summed E-state index contributed by atoms with van der Waals surface area (Å²) < 4.78 is 13.5. The van der Waals surface area contributed by atoms with Gasteiger partial charge in [0.15, 0.2) is 4.80 Å². The van der Waals surface area contributed by atoms with Gasteiger partial charge in [-0.2, -0.15) is 5.26 Å². The molecule has 1 aliphatic rings. The average molecular weight is 598 g/mol. The summed E-state index contributed by atoms with van der Waals surface area (Å²) in [6, 6.07) is 35.1. The maximum atomic E-state index is 14.0. The van der Waals surface area contributed by atoms with Crippen LogP contribution in [-0.4, -0.2) is 17.1 Å². The average Bonchev–Trinajstić information content (AvgIpc) is 3.38. The number of aromatic nitrogens is 1. The Balaban J connectivity index is 1.39. The first-order chi connectivity index (χ1) is 21.6. The van der Waals surface area contributed by atoms with E-state index in [2.05, 4.69) is 6.07 Å². The van der Waals surface area contributed by atoms with Crippen LogP contribution in [0.5, 0.6) is 5.75 Å². The zero-order valence-electron chi connectivity index (χ0n) is 23.8. The molecule has 2 heterocycles. The number of rotatable bonds is 8. The molecule has 0 spiro atoms. The number of nitriles is 1. The highest BCUT2D eigenvalue weighted by Crippen LogP contribution is 2.35. The minimum atomic E-state index is -0.707. The van der Waals surface area contributed by atoms with Gasteiger partial charge in [0.05, 0.1) is 40.1 Å². The van der Waals surface area contributed by atoms with Gasteiger partial charge in [-0.15, -0.1) is 0 Å². The van der Waals surface area contributed by atoms with Crippen LogP contribution >= 0.6 is 11.3 Å². The van der Waals surface area contributed by atoms with E-state index >= 15 is 0 Å². The number of fused-ring (bicyclic) bond motifs is 1. The van der Waals surface area contributed by atoms with Crippen LogP contribution in [0.25, 0.3) is 11.8 Å². The lowest BCUT2D eigenvalue weighted by Gasteiger charge is -2.25. The fourth-order valence-electron chi connectivity index (χ4n) is 5.04. The topological polar surface area (TPSA) is 93.7 Å². The van der Waals surface area contributed by atoms with Crippen molar-refractivity contribution >= 4 is 29.1 Å². The van der Waals surface area contributed by atoms with Gasteiger partial charge >= 0.3 is 5.97 Å². The quantitative estimate of drug-likeness (QED) is 0.224. The van der Waals surface area contributed by atoms with Crippen LogP contribution < -0.4 is 19.6 Å². The number of hydrogen-bond acceptors (Lipinski definition) is 7. The number of esters is 1. The normalized spacial score (nSPS) is 14.4. The number of nitrogens with zero attached hydrogens (tertiary/aromatic N) is 3. The van der Waals surface area contributed by atoms with Crippen LogP contribution in [0.3, 0.4) is 0 Å². The second kappa shape index (κ2) is 12.8. The highest BCUT2D eigenvalue weighted by atomic mass is 32.1. The standard InChI is InChI=1S/C36H27N3O4S/c1-2-42-35(41)31-32(27-9-5-3-6-10-27)38-36-39(33(31)28-11-7-4-8-12-28)34(40)30(44-36)21-24-17-19-29(20-18-24)43-23-26-15-13-25(22-37)14-16-26/h3-21,33H,2,23H2,1H3/b30-21-/t33-/m0/s1. The highest BCUT2D eigenvalue weighted by Gasteiger charge is 2.35.